The second-order valence-electron chi connectivity index (χ2n) is 37.0. The van der Waals surface area contributed by atoms with Gasteiger partial charge in [-0.2, -0.15) is 13.7 Å². The van der Waals surface area contributed by atoms with Crippen LogP contribution in [0.1, 0.15) is 177 Å². The van der Waals surface area contributed by atoms with Gasteiger partial charge < -0.3 is 18.1 Å². The second kappa shape index (κ2) is 30.9. The molecule has 8 aromatic heterocycles. The molecule has 11 heterocycles. The second-order valence-corrected chi connectivity index (χ2v) is 38.0. The van der Waals surface area contributed by atoms with Gasteiger partial charge in [0.05, 0.1) is 54.9 Å². The number of rotatable bonds is 13. The quantitative estimate of drug-likeness (QED) is 0.108. The molecule has 14 heteroatoms. The summed E-state index contributed by atoms with van der Waals surface area (Å²) in [6.45, 7) is 30.0. The number of aryl methyl sites for hydroxylation is 6. The first-order valence-corrected chi connectivity index (χ1v) is 46.2. The first kappa shape index (κ1) is 79.8. The van der Waals surface area contributed by atoms with Gasteiger partial charge in [0.25, 0.3) is 17.5 Å². The average Bonchev–Trinajstić information content (AvgIpc) is 1.54. The van der Waals surface area contributed by atoms with Gasteiger partial charge in [-0.15, -0.1) is 11.3 Å². The lowest BCUT2D eigenvalue weighted by Crippen LogP contribution is -2.30. The summed E-state index contributed by atoms with van der Waals surface area (Å²) in [7, 11) is 6.54. The Kier molecular flexibility index (Phi) is 19.3. The van der Waals surface area contributed by atoms with E-state index in [0.717, 1.165) is 47.9 Å². The molecule has 0 N–H and O–H groups in total. The van der Waals surface area contributed by atoms with Gasteiger partial charge in [-0.3, -0.25) is 0 Å². The molecule has 128 heavy (non-hydrogen) atoms. The van der Waals surface area contributed by atoms with E-state index in [1.807, 2.05) is 29.9 Å². The normalized spacial score (nSPS) is 12.6. The molecule has 21 aromatic rings. The summed E-state index contributed by atoms with van der Waals surface area (Å²) in [5, 5.41) is 12.8. The fourth-order valence-corrected chi connectivity index (χ4v) is 23.2. The summed E-state index contributed by atoms with van der Waals surface area (Å²) in [4.78, 5) is 14.3. The molecule has 3 aliphatic rings. The molecule has 0 atom stereocenters. The van der Waals surface area contributed by atoms with E-state index >= 15 is 0 Å². The van der Waals surface area contributed by atoms with Crippen LogP contribution in [0.3, 0.4) is 0 Å². The van der Waals surface area contributed by atoms with Crippen molar-refractivity contribution in [2.75, 3.05) is 0 Å². The van der Waals surface area contributed by atoms with Crippen LogP contribution in [0.4, 0.5) is 0 Å². The van der Waals surface area contributed by atoms with E-state index < -0.39 is 0 Å². The maximum atomic E-state index is 6.65. The molecule has 24 rings (SSSR count). The van der Waals surface area contributed by atoms with Gasteiger partial charge in [-0.05, 0) is 136 Å². The standard InChI is InChI=1S/C40H35N4.C37H35N4O.C37H35N4S/c1-26(2)30-23-33(28-13-7-5-8-14-28)39(34(24-30)29-15-9-6-10-16-29)44-22-21-42(4)40(44)37-27(3)31-17-11-12-18-32(31)38-35(37)25-36-41-19-20-43(36)38;2*1-21(2)27-19-28-25-12-9-10-14-30(25)42-36(28)32(22(3)4)35(27)41-18-17-39(6)37(41)33-23(5)24-11-7-8-13-26(24)34-29(33)20-31-38-15-16-40(31)34/h5-24,26H,25H2,1-4H3;2*7-19,21-22H,20H2,1-6H3/q3*+1. The predicted octanol–water partition coefficient (Wildman–Crippen LogP) is 26.8. The minimum absolute atomic E-state index is 0.260. The lowest BCUT2D eigenvalue weighted by Gasteiger charge is -2.21. The van der Waals surface area contributed by atoms with Crippen LogP contribution in [0.5, 0.6) is 0 Å². The molecule has 0 bridgehead atoms. The molecule has 0 aliphatic carbocycles. The van der Waals surface area contributed by atoms with Crippen LogP contribution < -0.4 is 13.7 Å². The predicted molar refractivity (Wildman–Crippen MR) is 525 cm³/mol. The summed E-state index contributed by atoms with van der Waals surface area (Å²) in [5.74, 6) is 8.58. The minimum atomic E-state index is 0.260. The third-order valence-corrected chi connectivity index (χ3v) is 28.9. The van der Waals surface area contributed by atoms with Crippen molar-refractivity contribution in [1.29, 1.82) is 0 Å². The van der Waals surface area contributed by atoms with Gasteiger partial charge in [-0.25, -0.2) is 28.7 Å². The summed E-state index contributed by atoms with van der Waals surface area (Å²) in [5.41, 5.74) is 33.0. The zero-order valence-electron chi connectivity index (χ0n) is 75.7. The Morgan fingerprint density at radius 1 is 0.328 bits per heavy atom. The van der Waals surface area contributed by atoms with Gasteiger partial charge in [0, 0.05) is 154 Å². The number of hydrogen-bond donors (Lipinski definition) is 0. The lowest BCUT2D eigenvalue weighted by molar-refractivity contribution is -0.659. The third kappa shape index (κ3) is 12.3. The molecule has 13 aromatic carbocycles. The Morgan fingerprint density at radius 2 is 0.688 bits per heavy atom. The van der Waals surface area contributed by atoms with E-state index in [9.17, 15) is 0 Å². The maximum Gasteiger partial charge on any atom is 0.294 e. The molecule has 630 valence electrons. The molecule has 0 saturated heterocycles. The number of hydrogen-bond acceptors (Lipinski definition) is 5. The highest BCUT2D eigenvalue weighted by Crippen LogP contribution is 2.52. The number of para-hydroxylation sites is 1. The summed E-state index contributed by atoms with van der Waals surface area (Å²) >= 11 is 1.94. The van der Waals surface area contributed by atoms with Crippen molar-refractivity contribution < 1.29 is 18.1 Å². The lowest BCUT2D eigenvalue weighted by atomic mass is 9.89. The molecular formula is C114H105N12OS+3. The molecule has 0 amide bonds. The average molecular weight is 1690 g/mol. The monoisotopic (exact) mass is 1690 g/mol. The minimum Gasteiger partial charge on any atom is -0.456 e. The van der Waals surface area contributed by atoms with Gasteiger partial charge in [0.15, 0.2) is 0 Å². The van der Waals surface area contributed by atoms with Crippen LogP contribution in [0.2, 0.25) is 0 Å². The molecular weight excluding hydrogens is 1590 g/mol. The van der Waals surface area contributed by atoms with E-state index in [-0.39, 0.29) is 5.92 Å². The Balaban J connectivity index is 0.000000113. The van der Waals surface area contributed by atoms with Gasteiger partial charge >= 0.3 is 0 Å². The van der Waals surface area contributed by atoms with Crippen LogP contribution in [0.25, 0.3) is 165 Å². The number of thiophene rings is 1. The molecule has 0 unspecified atom stereocenters. The highest BCUT2D eigenvalue weighted by molar-refractivity contribution is 7.26. The number of fused-ring (bicyclic) bond motifs is 21. The molecule has 0 fully saturated rings. The number of imidazole rings is 6. The Labute approximate surface area is 751 Å². The van der Waals surface area contributed by atoms with Gasteiger partial charge in [0.2, 0.25) is 0 Å². The van der Waals surface area contributed by atoms with Crippen molar-refractivity contribution in [2.24, 2.45) is 21.1 Å². The van der Waals surface area contributed by atoms with Crippen molar-refractivity contribution in [3.05, 3.63) is 359 Å². The van der Waals surface area contributed by atoms with Crippen molar-refractivity contribution in [1.82, 2.24) is 42.4 Å². The van der Waals surface area contributed by atoms with Crippen LogP contribution in [0, 0.1) is 20.8 Å². The van der Waals surface area contributed by atoms with Crippen molar-refractivity contribution in [2.45, 2.75) is 139 Å². The van der Waals surface area contributed by atoms with E-state index in [1.54, 1.807) is 0 Å². The van der Waals surface area contributed by atoms with Crippen LogP contribution in [0.15, 0.2) is 285 Å². The van der Waals surface area contributed by atoms with Crippen molar-refractivity contribution in [3.63, 3.8) is 0 Å². The number of nitrogens with zero attached hydrogens (tertiary/aromatic N) is 12. The van der Waals surface area contributed by atoms with Crippen molar-refractivity contribution >= 4 is 85.8 Å². The number of aromatic nitrogens is 12. The zero-order chi connectivity index (χ0) is 87.7. The first-order valence-electron chi connectivity index (χ1n) is 45.4. The zero-order valence-corrected chi connectivity index (χ0v) is 76.6. The van der Waals surface area contributed by atoms with Gasteiger partial charge in [0.1, 0.15) is 82.9 Å². The molecule has 3 aliphatic heterocycles. The van der Waals surface area contributed by atoms with Crippen LogP contribution in [-0.4, -0.2) is 42.4 Å². The topological polar surface area (TPSA) is 93.0 Å². The Bertz CT molecular complexity index is 7720. The summed E-state index contributed by atoms with van der Waals surface area (Å²) in [6, 6.07) is 75.2. The largest absolute Gasteiger partial charge is 0.456 e. The molecule has 0 saturated carbocycles. The summed E-state index contributed by atoms with van der Waals surface area (Å²) < 4.78 is 30.6. The molecule has 13 nitrogen and oxygen atoms in total. The van der Waals surface area contributed by atoms with E-state index in [0.29, 0.717) is 23.7 Å². The summed E-state index contributed by atoms with van der Waals surface area (Å²) in [6.07, 6.45) is 27.9. The Hall–Kier alpha value is -14.1. The van der Waals surface area contributed by atoms with Crippen LogP contribution >= 0.6 is 11.3 Å². The molecule has 0 radical (unpaired) electrons. The van der Waals surface area contributed by atoms with E-state index in [4.69, 9.17) is 19.4 Å². The van der Waals surface area contributed by atoms with E-state index in [1.165, 1.54) is 215 Å². The highest BCUT2D eigenvalue weighted by Gasteiger charge is 2.41. The fraction of sp³-hybridized carbons (Fsp3) is 0.211. The number of furan rings is 1. The SMILES string of the molecule is Cc1c(-c2n(-c3c(-c4ccccc4)cc(C(C)C)cc3-c3ccccc3)cc[n+]2C)c2c(c3ccccc13)-n1ccnc1C2.Cc1c(-c2n(-c3c(C(C)C)cc4c(oc5ccccc54)c3C(C)C)cc[n+]2C)c2c(c3ccccc13)-n1ccnc1C2.Cc1c(-c2n(-c3c(C(C)C)cc4c(sc5ccccc54)c3C(C)C)cc[n+]2C)c2c(c3ccccc13)-n1ccnc1C2. The first-order chi connectivity index (χ1) is 62.2. The van der Waals surface area contributed by atoms with Crippen molar-refractivity contribution in [3.8, 4) is 90.5 Å². The number of benzene rings is 13. The fourth-order valence-electron chi connectivity index (χ4n) is 21.8. The van der Waals surface area contributed by atoms with Gasteiger partial charge in [-0.1, -0.05) is 239 Å². The van der Waals surface area contributed by atoms with Crippen LogP contribution in [-0.2, 0) is 40.4 Å². The smallest absolute Gasteiger partial charge is 0.294 e. The maximum absolute atomic E-state index is 6.65. The molecule has 0 spiro atoms. The third-order valence-electron chi connectivity index (χ3n) is 27.7. The Morgan fingerprint density at radius 3 is 1.09 bits per heavy atom. The highest BCUT2D eigenvalue weighted by atomic mass is 32.1. The van der Waals surface area contributed by atoms with E-state index in [2.05, 4.69) is 414 Å².